The van der Waals surface area contributed by atoms with Gasteiger partial charge in [0, 0.05) is 17.4 Å². The van der Waals surface area contributed by atoms with Gasteiger partial charge in [-0.25, -0.2) is 4.99 Å². The van der Waals surface area contributed by atoms with Gasteiger partial charge in [0.25, 0.3) is 0 Å². The number of carbonyl (C=O) groups is 1. The molecular formula is C14H15BrN2O2. The fourth-order valence-corrected chi connectivity index (χ4v) is 2.81. The highest BCUT2D eigenvalue weighted by molar-refractivity contribution is 9.10. The van der Waals surface area contributed by atoms with Crippen LogP contribution in [0.5, 0.6) is 5.75 Å². The van der Waals surface area contributed by atoms with Crippen LogP contribution in [0.2, 0.25) is 0 Å². The molecule has 1 aromatic carbocycles. The molecule has 0 aromatic heterocycles. The zero-order chi connectivity index (χ0) is 13.6. The van der Waals surface area contributed by atoms with Crippen molar-refractivity contribution in [3.8, 4) is 5.75 Å². The highest BCUT2D eigenvalue weighted by atomic mass is 79.9. The van der Waals surface area contributed by atoms with Gasteiger partial charge < -0.3 is 4.74 Å². The van der Waals surface area contributed by atoms with Crippen molar-refractivity contribution in [2.45, 2.75) is 32.4 Å². The summed E-state index contributed by atoms with van der Waals surface area (Å²) in [6.07, 6.45) is 1.49. The number of amides is 1. The first-order chi connectivity index (χ1) is 8.96. The third-order valence-corrected chi connectivity index (χ3v) is 3.74. The SMILES string of the molecule is CC1(C)N=C(N2CCCC2=O)c2cc(Br)ccc2O1. The number of halogens is 1. The van der Waals surface area contributed by atoms with Crippen LogP contribution in [0.1, 0.15) is 32.3 Å². The minimum atomic E-state index is -0.640. The summed E-state index contributed by atoms with van der Waals surface area (Å²) in [6, 6.07) is 5.80. The Kier molecular flexibility index (Phi) is 2.89. The second-order valence-electron chi connectivity index (χ2n) is 5.27. The number of ether oxygens (including phenoxy) is 1. The van der Waals surface area contributed by atoms with E-state index in [4.69, 9.17) is 4.74 Å². The Morgan fingerprint density at radius 2 is 2.21 bits per heavy atom. The van der Waals surface area contributed by atoms with E-state index in [1.54, 1.807) is 4.90 Å². The number of amidine groups is 1. The highest BCUT2D eigenvalue weighted by Crippen LogP contribution is 2.34. The fraction of sp³-hybridized carbons (Fsp3) is 0.429. The summed E-state index contributed by atoms with van der Waals surface area (Å²) in [4.78, 5) is 18.4. The molecule has 0 atom stereocenters. The standard InChI is InChI=1S/C14H15BrN2O2/c1-14(2)16-13(17-7-3-4-12(17)18)10-8-9(15)5-6-11(10)19-14/h5-6,8H,3-4,7H2,1-2H3. The smallest absolute Gasteiger partial charge is 0.228 e. The van der Waals surface area contributed by atoms with Crippen LogP contribution < -0.4 is 4.74 Å². The summed E-state index contributed by atoms with van der Waals surface area (Å²) in [5.41, 5.74) is 0.239. The van der Waals surface area contributed by atoms with Gasteiger partial charge in [-0.1, -0.05) is 15.9 Å². The van der Waals surface area contributed by atoms with Crippen LogP contribution in [0.15, 0.2) is 27.7 Å². The second-order valence-corrected chi connectivity index (χ2v) is 6.19. The van der Waals surface area contributed by atoms with E-state index in [9.17, 15) is 4.79 Å². The second kappa shape index (κ2) is 4.34. The maximum Gasteiger partial charge on any atom is 0.228 e. The molecule has 0 bridgehead atoms. The first-order valence-corrected chi connectivity index (χ1v) is 7.15. The molecule has 0 N–H and O–H groups in total. The Bertz CT molecular complexity index is 581. The lowest BCUT2D eigenvalue weighted by molar-refractivity contribution is -0.124. The molecule has 5 heteroatoms. The number of nitrogens with zero attached hydrogens (tertiary/aromatic N) is 2. The third-order valence-electron chi connectivity index (χ3n) is 3.25. The largest absolute Gasteiger partial charge is 0.466 e. The number of hydrogen-bond acceptors (Lipinski definition) is 3. The van der Waals surface area contributed by atoms with E-state index < -0.39 is 5.72 Å². The van der Waals surface area contributed by atoms with Crippen LogP contribution in [0.25, 0.3) is 0 Å². The summed E-state index contributed by atoms with van der Waals surface area (Å²) in [5.74, 6) is 1.65. The van der Waals surface area contributed by atoms with Gasteiger partial charge in [0.15, 0.2) is 5.72 Å². The predicted molar refractivity (Wildman–Crippen MR) is 76.3 cm³/mol. The molecule has 3 rings (SSSR count). The van der Waals surface area contributed by atoms with Gasteiger partial charge in [-0.2, -0.15) is 0 Å². The first-order valence-electron chi connectivity index (χ1n) is 6.35. The molecule has 0 unspecified atom stereocenters. The monoisotopic (exact) mass is 322 g/mol. The van der Waals surface area contributed by atoms with E-state index in [1.165, 1.54) is 0 Å². The van der Waals surface area contributed by atoms with E-state index >= 15 is 0 Å². The summed E-state index contributed by atoms with van der Waals surface area (Å²) < 4.78 is 6.81. The Morgan fingerprint density at radius 3 is 2.89 bits per heavy atom. The average Bonchev–Trinajstić information content (AvgIpc) is 2.74. The molecule has 4 nitrogen and oxygen atoms in total. The normalized spacial score (nSPS) is 20.9. The van der Waals surface area contributed by atoms with Crippen molar-refractivity contribution in [2.75, 3.05) is 6.54 Å². The molecule has 0 saturated carbocycles. The Labute approximate surface area is 120 Å². The minimum Gasteiger partial charge on any atom is -0.466 e. The average molecular weight is 323 g/mol. The molecule has 100 valence electrons. The molecule has 2 aliphatic rings. The van der Waals surface area contributed by atoms with E-state index in [2.05, 4.69) is 20.9 Å². The molecule has 0 aliphatic carbocycles. The van der Waals surface area contributed by atoms with Crippen molar-refractivity contribution >= 4 is 27.7 Å². The van der Waals surface area contributed by atoms with Crippen LogP contribution in [-0.2, 0) is 4.79 Å². The van der Waals surface area contributed by atoms with Gasteiger partial charge in [0.2, 0.25) is 5.91 Å². The van der Waals surface area contributed by atoms with E-state index in [-0.39, 0.29) is 5.91 Å². The van der Waals surface area contributed by atoms with Crippen molar-refractivity contribution in [1.29, 1.82) is 0 Å². The number of fused-ring (bicyclic) bond motifs is 1. The van der Waals surface area contributed by atoms with E-state index in [0.29, 0.717) is 6.42 Å². The van der Waals surface area contributed by atoms with E-state index in [1.807, 2.05) is 32.0 Å². The number of carbonyl (C=O) groups excluding carboxylic acids is 1. The first kappa shape index (κ1) is 12.7. The zero-order valence-corrected chi connectivity index (χ0v) is 12.5. The van der Waals surface area contributed by atoms with Crippen LogP contribution in [0.4, 0.5) is 0 Å². The molecule has 0 spiro atoms. The lowest BCUT2D eigenvalue weighted by Gasteiger charge is -2.33. The number of hydrogen-bond donors (Lipinski definition) is 0. The number of rotatable bonds is 0. The molecule has 2 aliphatic heterocycles. The maximum atomic E-state index is 12.0. The molecule has 19 heavy (non-hydrogen) atoms. The van der Waals surface area contributed by atoms with E-state index in [0.717, 1.165) is 34.6 Å². The molecular weight excluding hydrogens is 308 g/mol. The summed E-state index contributed by atoms with van der Waals surface area (Å²) >= 11 is 3.46. The van der Waals surface area contributed by atoms with Gasteiger partial charge in [-0.15, -0.1) is 0 Å². The molecule has 0 radical (unpaired) electrons. The van der Waals surface area contributed by atoms with Crippen LogP contribution >= 0.6 is 15.9 Å². The summed E-state index contributed by atoms with van der Waals surface area (Å²) in [5, 5.41) is 0. The van der Waals surface area contributed by atoms with Gasteiger partial charge in [-0.3, -0.25) is 9.69 Å². The molecule has 1 fully saturated rings. The van der Waals surface area contributed by atoms with Crippen LogP contribution in [-0.4, -0.2) is 28.9 Å². The Hall–Kier alpha value is -1.36. The van der Waals surface area contributed by atoms with Gasteiger partial charge in [-0.05, 0) is 38.5 Å². The summed E-state index contributed by atoms with van der Waals surface area (Å²) in [6.45, 7) is 4.54. The maximum absolute atomic E-state index is 12.0. The van der Waals surface area contributed by atoms with Crippen molar-refractivity contribution in [3.05, 3.63) is 28.2 Å². The number of likely N-dealkylation sites (tertiary alicyclic amines) is 1. The van der Waals surface area contributed by atoms with Crippen molar-refractivity contribution in [1.82, 2.24) is 4.90 Å². The zero-order valence-electron chi connectivity index (χ0n) is 10.9. The predicted octanol–water partition coefficient (Wildman–Crippen LogP) is 2.95. The molecule has 2 heterocycles. The van der Waals surface area contributed by atoms with Gasteiger partial charge in [0.05, 0.1) is 5.56 Å². The quantitative estimate of drug-likeness (QED) is 0.737. The van der Waals surface area contributed by atoms with Crippen molar-refractivity contribution in [2.24, 2.45) is 4.99 Å². The highest BCUT2D eigenvalue weighted by Gasteiger charge is 2.34. The van der Waals surface area contributed by atoms with Crippen LogP contribution in [0.3, 0.4) is 0 Å². The number of aliphatic imine (C=N–C) groups is 1. The fourth-order valence-electron chi connectivity index (χ4n) is 2.45. The molecule has 1 aromatic rings. The molecule has 1 amide bonds. The third kappa shape index (κ3) is 2.27. The lowest BCUT2D eigenvalue weighted by Crippen LogP contribution is -2.40. The summed E-state index contributed by atoms with van der Waals surface area (Å²) in [7, 11) is 0. The molecule has 1 saturated heterocycles. The Balaban J connectivity index is 2.12. The van der Waals surface area contributed by atoms with Crippen molar-refractivity contribution < 1.29 is 9.53 Å². The minimum absolute atomic E-state index is 0.141. The lowest BCUT2D eigenvalue weighted by atomic mass is 10.1. The van der Waals surface area contributed by atoms with Crippen LogP contribution in [0, 0.1) is 0 Å². The van der Waals surface area contributed by atoms with Gasteiger partial charge >= 0.3 is 0 Å². The van der Waals surface area contributed by atoms with Crippen molar-refractivity contribution in [3.63, 3.8) is 0 Å². The number of benzene rings is 1. The van der Waals surface area contributed by atoms with Gasteiger partial charge in [0.1, 0.15) is 11.6 Å². The topological polar surface area (TPSA) is 41.9 Å². The Morgan fingerprint density at radius 1 is 1.42 bits per heavy atom.